The van der Waals surface area contributed by atoms with E-state index in [4.69, 9.17) is 16.3 Å². The fourth-order valence-corrected chi connectivity index (χ4v) is 5.08. The van der Waals surface area contributed by atoms with Gasteiger partial charge in [0.15, 0.2) is 0 Å². The Kier molecular flexibility index (Phi) is 7.02. The minimum absolute atomic E-state index is 0.0454. The van der Waals surface area contributed by atoms with Gasteiger partial charge in [-0.2, -0.15) is 0 Å². The molecule has 0 saturated heterocycles. The van der Waals surface area contributed by atoms with Crippen LogP contribution in [0.4, 0.5) is 5.69 Å². The first-order valence-corrected chi connectivity index (χ1v) is 11.5. The van der Waals surface area contributed by atoms with E-state index in [1.165, 1.54) is 0 Å². The van der Waals surface area contributed by atoms with E-state index in [-0.39, 0.29) is 23.6 Å². The van der Waals surface area contributed by atoms with Gasteiger partial charge in [-0.05, 0) is 41.5 Å². The van der Waals surface area contributed by atoms with Crippen molar-refractivity contribution >= 4 is 40.9 Å². The second-order valence-corrected chi connectivity index (χ2v) is 9.05. The molecule has 1 aliphatic rings. The highest BCUT2D eigenvalue weighted by molar-refractivity contribution is 7.99. The first-order chi connectivity index (χ1) is 15.5. The Bertz CT molecular complexity index is 1120. The van der Waals surface area contributed by atoms with Crippen LogP contribution < -0.4 is 15.0 Å². The second kappa shape index (κ2) is 10.1. The number of hydrogen-bond acceptors (Lipinski definition) is 4. The van der Waals surface area contributed by atoms with Gasteiger partial charge in [0.2, 0.25) is 11.8 Å². The number of para-hydroxylation sites is 1. The number of halogens is 1. The number of carbonyl (C=O) groups is 2. The lowest BCUT2D eigenvalue weighted by Crippen LogP contribution is -2.40. The molecule has 1 aliphatic heterocycles. The van der Waals surface area contributed by atoms with Crippen molar-refractivity contribution in [3.63, 3.8) is 0 Å². The van der Waals surface area contributed by atoms with Crippen LogP contribution in [-0.4, -0.2) is 25.5 Å². The third kappa shape index (κ3) is 5.09. The van der Waals surface area contributed by atoms with Crippen molar-refractivity contribution in [3.05, 3.63) is 88.9 Å². The number of hydrogen-bond donors (Lipinski definition) is 1. The zero-order chi connectivity index (χ0) is 22.5. The Balaban J connectivity index is 1.52. The van der Waals surface area contributed by atoms with E-state index in [0.717, 1.165) is 27.5 Å². The molecule has 32 heavy (non-hydrogen) atoms. The van der Waals surface area contributed by atoms with E-state index in [0.29, 0.717) is 18.0 Å². The van der Waals surface area contributed by atoms with Gasteiger partial charge in [0.1, 0.15) is 12.3 Å². The number of fused-ring (bicyclic) bond motifs is 1. The van der Waals surface area contributed by atoms with E-state index in [1.807, 2.05) is 66.7 Å². The van der Waals surface area contributed by atoms with Crippen LogP contribution in [0.15, 0.2) is 77.7 Å². The number of methoxy groups -OCH3 is 1. The Morgan fingerprint density at radius 2 is 1.81 bits per heavy atom. The molecule has 0 fully saturated rings. The van der Waals surface area contributed by atoms with Gasteiger partial charge in [-0.15, -0.1) is 11.8 Å². The van der Waals surface area contributed by atoms with Gasteiger partial charge in [-0.3, -0.25) is 9.59 Å². The van der Waals surface area contributed by atoms with E-state index < -0.39 is 0 Å². The largest absolute Gasteiger partial charge is 0.497 e. The number of rotatable bonds is 6. The number of thioether (sulfide) groups is 1. The number of benzene rings is 3. The molecule has 0 aromatic heterocycles. The summed E-state index contributed by atoms with van der Waals surface area (Å²) in [6.45, 7) is 0.265. The summed E-state index contributed by atoms with van der Waals surface area (Å²) in [6.07, 6.45) is 0.295. The maximum atomic E-state index is 13.2. The number of amides is 2. The lowest BCUT2D eigenvalue weighted by molar-refractivity contribution is -0.124. The Labute approximate surface area is 196 Å². The molecule has 7 heteroatoms. The van der Waals surface area contributed by atoms with Crippen molar-refractivity contribution in [1.29, 1.82) is 0 Å². The topological polar surface area (TPSA) is 58.6 Å². The first kappa shape index (κ1) is 22.2. The molecule has 4 rings (SSSR count). The van der Waals surface area contributed by atoms with E-state index in [9.17, 15) is 9.59 Å². The SMILES string of the molecule is COc1ccc([C@H]2CC(=O)N(CC(=O)NCc3ccccc3Cl)c3ccccc3S2)cc1. The van der Waals surface area contributed by atoms with Gasteiger partial charge >= 0.3 is 0 Å². The van der Waals surface area contributed by atoms with Gasteiger partial charge in [0.25, 0.3) is 0 Å². The summed E-state index contributed by atoms with van der Waals surface area (Å²) < 4.78 is 5.25. The van der Waals surface area contributed by atoms with Gasteiger partial charge in [0.05, 0.1) is 12.8 Å². The average molecular weight is 467 g/mol. The summed E-state index contributed by atoms with van der Waals surface area (Å²) in [5.41, 5.74) is 2.63. The third-order valence-electron chi connectivity index (χ3n) is 5.31. The van der Waals surface area contributed by atoms with Crippen molar-refractivity contribution in [3.8, 4) is 5.75 Å². The van der Waals surface area contributed by atoms with E-state index in [1.54, 1.807) is 29.8 Å². The molecule has 0 aliphatic carbocycles. The maximum Gasteiger partial charge on any atom is 0.240 e. The summed E-state index contributed by atoms with van der Waals surface area (Å²) in [5.74, 6) is 0.452. The standard InChI is InChI=1S/C25H23ClN2O3S/c1-31-19-12-10-17(11-13-19)23-14-25(30)28(21-8-4-5-9-22(21)32-23)16-24(29)27-15-18-6-2-3-7-20(18)26/h2-13,23H,14-16H2,1H3,(H,27,29)/t23-/m1/s1. The average Bonchev–Trinajstić information content (AvgIpc) is 2.95. The molecule has 164 valence electrons. The van der Waals surface area contributed by atoms with E-state index >= 15 is 0 Å². The summed E-state index contributed by atoms with van der Waals surface area (Å²) in [6, 6.07) is 22.8. The zero-order valence-corrected chi connectivity index (χ0v) is 19.2. The molecule has 1 N–H and O–H groups in total. The predicted octanol–water partition coefficient (Wildman–Crippen LogP) is 5.24. The zero-order valence-electron chi connectivity index (χ0n) is 17.6. The lowest BCUT2D eigenvalue weighted by atomic mass is 10.1. The van der Waals surface area contributed by atoms with Gasteiger partial charge in [0, 0.05) is 28.1 Å². The van der Waals surface area contributed by atoms with Crippen LogP contribution in [0, 0.1) is 0 Å². The predicted molar refractivity (Wildman–Crippen MR) is 128 cm³/mol. The Morgan fingerprint density at radius 1 is 1.09 bits per heavy atom. The lowest BCUT2D eigenvalue weighted by Gasteiger charge is -2.22. The second-order valence-electron chi connectivity index (χ2n) is 7.40. The molecule has 1 atom stereocenters. The monoisotopic (exact) mass is 466 g/mol. The van der Waals surface area contributed by atoms with Crippen molar-refractivity contribution in [1.82, 2.24) is 5.32 Å². The fourth-order valence-electron chi connectivity index (χ4n) is 3.59. The summed E-state index contributed by atoms with van der Waals surface area (Å²) in [7, 11) is 1.63. The van der Waals surface area contributed by atoms with Crippen LogP contribution in [0.25, 0.3) is 0 Å². The Hall–Kier alpha value is -2.96. The minimum atomic E-state index is -0.235. The van der Waals surface area contributed by atoms with Crippen LogP contribution in [0.5, 0.6) is 5.75 Å². The molecule has 3 aromatic carbocycles. The number of nitrogens with one attached hydrogen (secondary N) is 1. The number of anilines is 1. The van der Waals surface area contributed by atoms with Crippen molar-refractivity contribution in [2.75, 3.05) is 18.6 Å². The van der Waals surface area contributed by atoms with E-state index in [2.05, 4.69) is 5.32 Å². The first-order valence-electron chi connectivity index (χ1n) is 10.3. The smallest absolute Gasteiger partial charge is 0.240 e. The van der Waals surface area contributed by atoms with Gasteiger partial charge in [-0.25, -0.2) is 0 Å². The molecular formula is C25H23ClN2O3S. The molecule has 1 heterocycles. The van der Waals surface area contributed by atoms with Crippen LogP contribution in [0.1, 0.15) is 22.8 Å². The molecule has 0 unspecified atom stereocenters. The van der Waals surface area contributed by atoms with Crippen LogP contribution in [0.3, 0.4) is 0 Å². The summed E-state index contributed by atoms with van der Waals surface area (Å²) in [4.78, 5) is 28.5. The highest BCUT2D eigenvalue weighted by atomic mass is 35.5. The summed E-state index contributed by atoms with van der Waals surface area (Å²) >= 11 is 7.82. The van der Waals surface area contributed by atoms with Crippen LogP contribution >= 0.6 is 23.4 Å². The number of nitrogens with zero attached hydrogens (tertiary/aromatic N) is 1. The van der Waals surface area contributed by atoms with Crippen molar-refractivity contribution in [2.24, 2.45) is 0 Å². The number of ether oxygens (including phenoxy) is 1. The number of carbonyl (C=O) groups excluding carboxylic acids is 2. The molecule has 0 radical (unpaired) electrons. The van der Waals surface area contributed by atoms with Gasteiger partial charge in [-0.1, -0.05) is 54.1 Å². The van der Waals surface area contributed by atoms with Crippen molar-refractivity contribution < 1.29 is 14.3 Å². The van der Waals surface area contributed by atoms with Crippen LogP contribution in [0.2, 0.25) is 5.02 Å². The fraction of sp³-hybridized carbons (Fsp3) is 0.200. The van der Waals surface area contributed by atoms with Gasteiger partial charge < -0.3 is 15.0 Å². The highest BCUT2D eigenvalue weighted by Gasteiger charge is 2.30. The normalized spacial score (nSPS) is 15.6. The highest BCUT2D eigenvalue weighted by Crippen LogP contribution is 2.45. The summed E-state index contributed by atoms with van der Waals surface area (Å²) in [5, 5.41) is 3.43. The molecule has 3 aromatic rings. The maximum absolute atomic E-state index is 13.2. The minimum Gasteiger partial charge on any atom is -0.497 e. The van der Waals surface area contributed by atoms with Crippen molar-refractivity contribution in [2.45, 2.75) is 23.1 Å². The molecule has 0 saturated carbocycles. The Morgan fingerprint density at radius 3 is 2.56 bits per heavy atom. The third-order valence-corrected chi connectivity index (χ3v) is 7.00. The molecule has 0 spiro atoms. The molecule has 0 bridgehead atoms. The van der Waals surface area contributed by atoms with Crippen LogP contribution in [-0.2, 0) is 16.1 Å². The molecular weight excluding hydrogens is 444 g/mol. The quantitative estimate of drug-likeness (QED) is 0.540. The molecule has 2 amide bonds. The molecule has 5 nitrogen and oxygen atoms in total.